The summed E-state index contributed by atoms with van der Waals surface area (Å²) in [6, 6.07) is 9.24. The van der Waals surface area contributed by atoms with Crippen LogP contribution in [0.5, 0.6) is 0 Å². The number of nitrogens with two attached hydrogens (primary N) is 1. The van der Waals surface area contributed by atoms with Gasteiger partial charge in [-0.25, -0.2) is 0 Å². The monoisotopic (exact) mass is 387 g/mol. The Kier molecular flexibility index (Phi) is 7.83. The number of amides is 1. The Morgan fingerprint density at radius 2 is 2.04 bits per heavy atom. The molecular formula is C20H29N5O3. The van der Waals surface area contributed by atoms with E-state index in [0.29, 0.717) is 31.8 Å². The number of aryl methyl sites for hydroxylation is 1. The molecule has 1 atom stereocenters. The molecule has 0 saturated heterocycles. The first-order valence-electron chi connectivity index (χ1n) is 9.44. The fourth-order valence-electron chi connectivity index (χ4n) is 2.69. The lowest BCUT2D eigenvalue weighted by atomic mass is 10.1. The van der Waals surface area contributed by atoms with Gasteiger partial charge in [0.1, 0.15) is 18.2 Å². The summed E-state index contributed by atoms with van der Waals surface area (Å²) in [5.74, 6) is 0.999. The maximum Gasteiger partial charge on any atom is 0.240 e. The number of rotatable bonds is 11. The third kappa shape index (κ3) is 5.97. The third-order valence-corrected chi connectivity index (χ3v) is 4.24. The minimum atomic E-state index is -1.04. The summed E-state index contributed by atoms with van der Waals surface area (Å²) < 4.78 is 7.72. The lowest BCUT2D eigenvalue weighted by Gasteiger charge is -2.24. The molecule has 0 saturated carbocycles. The quantitative estimate of drug-likeness (QED) is 0.566. The van der Waals surface area contributed by atoms with Crippen LogP contribution in [0, 0.1) is 0 Å². The van der Waals surface area contributed by atoms with Gasteiger partial charge in [-0.15, -0.1) is 10.2 Å². The molecule has 8 nitrogen and oxygen atoms in total. The van der Waals surface area contributed by atoms with Crippen molar-refractivity contribution in [1.82, 2.24) is 20.1 Å². The molecule has 8 heteroatoms. The summed E-state index contributed by atoms with van der Waals surface area (Å²) in [4.78, 5) is 23.3. The van der Waals surface area contributed by atoms with Crippen molar-refractivity contribution in [2.75, 3.05) is 6.61 Å². The van der Waals surface area contributed by atoms with E-state index in [2.05, 4.69) is 15.5 Å². The number of ether oxygens (including phenoxy) is 1. The molecular weight excluding hydrogens is 358 g/mol. The van der Waals surface area contributed by atoms with E-state index >= 15 is 0 Å². The summed E-state index contributed by atoms with van der Waals surface area (Å²) in [7, 11) is 0. The van der Waals surface area contributed by atoms with Crippen LogP contribution in [0.1, 0.15) is 50.4 Å². The summed E-state index contributed by atoms with van der Waals surface area (Å²) >= 11 is 0. The molecule has 1 aromatic heterocycles. The molecule has 2 rings (SSSR count). The van der Waals surface area contributed by atoms with Crippen LogP contribution in [0.4, 0.5) is 0 Å². The number of hydrogen-bond acceptors (Lipinski definition) is 6. The maximum atomic E-state index is 12.5. The van der Waals surface area contributed by atoms with Crippen LogP contribution < -0.4 is 11.1 Å². The van der Waals surface area contributed by atoms with Crippen LogP contribution in [-0.4, -0.2) is 39.1 Å². The van der Waals surface area contributed by atoms with Crippen molar-refractivity contribution in [1.29, 1.82) is 0 Å². The minimum absolute atomic E-state index is 0.208. The number of carbonyl (C=O) groups is 2. The molecule has 0 fully saturated rings. The summed E-state index contributed by atoms with van der Waals surface area (Å²) in [5, 5.41) is 11.4. The zero-order chi connectivity index (χ0) is 20.6. The Morgan fingerprint density at radius 1 is 1.32 bits per heavy atom. The predicted octanol–water partition coefficient (Wildman–Crippen LogP) is 1.54. The van der Waals surface area contributed by atoms with Gasteiger partial charge in [0.2, 0.25) is 5.91 Å². The first kappa shape index (κ1) is 21.7. The highest BCUT2D eigenvalue weighted by atomic mass is 16.5. The summed E-state index contributed by atoms with van der Waals surface area (Å²) in [5.41, 5.74) is 5.92. The number of hydrogen-bond donors (Lipinski definition) is 2. The van der Waals surface area contributed by atoms with Gasteiger partial charge in [-0.2, -0.15) is 0 Å². The minimum Gasteiger partial charge on any atom is -0.374 e. The largest absolute Gasteiger partial charge is 0.374 e. The molecule has 1 heterocycles. The van der Waals surface area contributed by atoms with E-state index in [9.17, 15) is 9.59 Å². The summed E-state index contributed by atoms with van der Waals surface area (Å²) in [6.45, 7) is 6.30. The SMILES string of the molecule is CCc1nnc([C@@H](COCc2ccccc2)NC(=O)C(C)(C)N)n1CCC=O. The van der Waals surface area contributed by atoms with Crippen LogP contribution in [0.15, 0.2) is 30.3 Å². The van der Waals surface area contributed by atoms with E-state index in [1.165, 1.54) is 0 Å². The average Bonchev–Trinajstić information content (AvgIpc) is 3.08. The topological polar surface area (TPSA) is 112 Å². The second kappa shape index (κ2) is 10.1. The van der Waals surface area contributed by atoms with Crippen LogP contribution >= 0.6 is 0 Å². The van der Waals surface area contributed by atoms with Crippen molar-refractivity contribution in [3.63, 3.8) is 0 Å². The molecule has 1 aromatic carbocycles. The molecule has 0 aliphatic rings. The van der Waals surface area contributed by atoms with Gasteiger partial charge in [-0.1, -0.05) is 37.3 Å². The first-order chi connectivity index (χ1) is 13.4. The Hall–Kier alpha value is -2.58. The number of carbonyl (C=O) groups excluding carboxylic acids is 2. The van der Waals surface area contributed by atoms with E-state index in [-0.39, 0.29) is 12.5 Å². The zero-order valence-electron chi connectivity index (χ0n) is 16.7. The normalized spacial score (nSPS) is 12.6. The van der Waals surface area contributed by atoms with E-state index in [0.717, 1.165) is 17.7 Å². The van der Waals surface area contributed by atoms with Gasteiger partial charge in [0, 0.05) is 19.4 Å². The smallest absolute Gasteiger partial charge is 0.240 e. The average molecular weight is 387 g/mol. The molecule has 0 aliphatic heterocycles. The fraction of sp³-hybridized carbons (Fsp3) is 0.500. The zero-order valence-corrected chi connectivity index (χ0v) is 16.7. The van der Waals surface area contributed by atoms with Crippen molar-refractivity contribution in [2.45, 2.75) is 58.3 Å². The van der Waals surface area contributed by atoms with Gasteiger partial charge in [0.15, 0.2) is 5.82 Å². The second-order valence-electron chi connectivity index (χ2n) is 7.18. The first-order valence-corrected chi connectivity index (χ1v) is 9.44. The van der Waals surface area contributed by atoms with Crippen molar-refractivity contribution in [3.05, 3.63) is 47.5 Å². The van der Waals surface area contributed by atoms with E-state index in [1.807, 2.05) is 41.8 Å². The third-order valence-electron chi connectivity index (χ3n) is 4.24. The predicted molar refractivity (Wildman–Crippen MR) is 105 cm³/mol. The van der Waals surface area contributed by atoms with Crippen LogP contribution in [-0.2, 0) is 33.9 Å². The Labute approximate surface area is 165 Å². The second-order valence-corrected chi connectivity index (χ2v) is 7.18. The molecule has 0 unspecified atom stereocenters. The number of nitrogens with one attached hydrogen (secondary N) is 1. The van der Waals surface area contributed by atoms with Crippen molar-refractivity contribution < 1.29 is 14.3 Å². The number of aromatic nitrogens is 3. The van der Waals surface area contributed by atoms with Gasteiger partial charge in [-0.3, -0.25) is 4.79 Å². The fourth-order valence-corrected chi connectivity index (χ4v) is 2.69. The molecule has 0 radical (unpaired) electrons. The molecule has 152 valence electrons. The lowest BCUT2D eigenvalue weighted by molar-refractivity contribution is -0.126. The molecule has 0 bridgehead atoms. The van der Waals surface area contributed by atoms with E-state index < -0.39 is 11.6 Å². The Bertz CT molecular complexity index is 768. The molecule has 1 amide bonds. The van der Waals surface area contributed by atoms with Crippen molar-refractivity contribution in [2.24, 2.45) is 5.73 Å². The van der Waals surface area contributed by atoms with Gasteiger partial charge >= 0.3 is 0 Å². The molecule has 2 aromatic rings. The van der Waals surface area contributed by atoms with Gasteiger partial charge in [-0.05, 0) is 19.4 Å². The van der Waals surface area contributed by atoms with E-state index in [4.69, 9.17) is 10.5 Å². The van der Waals surface area contributed by atoms with Crippen molar-refractivity contribution in [3.8, 4) is 0 Å². The maximum absolute atomic E-state index is 12.5. The number of aldehydes is 1. The molecule has 0 spiro atoms. The highest BCUT2D eigenvalue weighted by Crippen LogP contribution is 2.16. The van der Waals surface area contributed by atoms with Crippen LogP contribution in [0.25, 0.3) is 0 Å². The number of nitrogens with zero attached hydrogens (tertiary/aromatic N) is 3. The number of benzene rings is 1. The van der Waals surface area contributed by atoms with Crippen molar-refractivity contribution >= 4 is 12.2 Å². The Balaban J connectivity index is 2.21. The molecule has 28 heavy (non-hydrogen) atoms. The van der Waals surface area contributed by atoms with Gasteiger partial charge in [0.05, 0.1) is 18.8 Å². The standard InChI is InChI=1S/C20H29N5O3/c1-4-17-23-24-18(25(17)11-8-12-26)16(22-19(27)20(2,3)21)14-28-13-15-9-6-5-7-10-15/h5-7,9-10,12,16H,4,8,11,13-14,21H2,1-3H3,(H,22,27)/t16-/m1/s1. The van der Waals surface area contributed by atoms with E-state index in [1.54, 1.807) is 13.8 Å². The Morgan fingerprint density at radius 3 is 2.64 bits per heavy atom. The highest BCUT2D eigenvalue weighted by molar-refractivity contribution is 5.85. The van der Waals surface area contributed by atoms with Gasteiger partial charge < -0.3 is 25.1 Å². The van der Waals surface area contributed by atoms with Crippen LogP contribution in [0.3, 0.4) is 0 Å². The molecule has 3 N–H and O–H groups in total. The van der Waals surface area contributed by atoms with Gasteiger partial charge in [0.25, 0.3) is 0 Å². The highest BCUT2D eigenvalue weighted by Gasteiger charge is 2.28. The summed E-state index contributed by atoms with van der Waals surface area (Å²) in [6.07, 6.45) is 1.86. The molecule has 0 aliphatic carbocycles. The lowest BCUT2D eigenvalue weighted by Crippen LogP contribution is -2.51. The van der Waals surface area contributed by atoms with Crippen LogP contribution in [0.2, 0.25) is 0 Å².